The monoisotopic (exact) mass is 279 g/mol. The number of hydrogen-bond acceptors (Lipinski definition) is 6. The van der Waals surface area contributed by atoms with Crippen LogP contribution in [0.2, 0.25) is 0 Å². The smallest absolute Gasteiger partial charge is 0.274 e. The Bertz CT molecular complexity index is 492. The van der Waals surface area contributed by atoms with Crippen LogP contribution in [0.25, 0.3) is 0 Å². The lowest BCUT2D eigenvalue weighted by Gasteiger charge is -2.18. The van der Waals surface area contributed by atoms with Crippen LogP contribution in [0.1, 0.15) is 42.5 Å². The van der Waals surface area contributed by atoms with Crippen molar-refractivity contribution in [3.8, 4) is 0 Å². The van der Waals surface area contributed by atoms with Crippen molar-refractivity contribution in [1.29, 1.82) is 0 Å². The van der Waals surface area contributed by atoms with E-state index in [1.165, 1.54) is 6.20 Å². The third-order valence-corrected chi connectivity index (χ3v) is 3.51. The molecule has 0 spiro atoms. The van der Waals surface area contributed by atoms with E-state index in [-0.39, 0.29) is 24.3 Å². The molecule has 2 rings (SSSR count). The van der Waals surface area contributed by atoms with Gasteiger partial charge in [-0.1, -0.05) is 13.8 Å². The molecule has 20 heavy (non-hydrogen) atoms. The summed E-state index contributed by atoms with van der Waals surface area (Å²) in [6, 6.07) is 0. The molecule has 4 N–H and O–H groups in total. The summed E-state index contributed by atoms with van der Waals surface area (Å²) in [4.78, 5) is 22.7. The lowest BCUT2D eigenvalue weighted by Crippen LogP contribution is -2.31. The molecule has 1 aromatic rings. The van der Waals surface area contributed by atoms with Crippen LogP contribution in [-0.4, -0.2) is 45.6 Å². The number of anilines is 1. The Morgan fingerprint density at radius 1 is 1.65 bits per heavy atom. The molecule has 0 aliphatic carbocycles. The molecule has 1 atom stereocenters. The van der Waals surface area contributed by atoms with Crippen LogP contribution in [-0.2, 0) is 0 Å². The molecule has 7 heteroatoms. The van der Waals surface area contributed by atoms with Gasteiger partial charge in [0.25, 0.3) is 5.91 Å². The van der Waals surface area contributed by atoms with Gasteiger partial charge in [-0.2, -0.15) is 0 Å². The summed E-state index contributed by atoms with van der Waals surface area (Å²) < 4.78 is 0. The van der Waals surface area contributed by atoms with E-state index < -0.39 is 0 Å². The van der Waals surface area contributed by atoms with Gasteiger partial charge >= 0.3 is 0 Å². The van der Waals surface area contributed by atoms with Crippen LogP contribution >= 0.6 is 0 Å². The van der Waals surface area contributed by atoms with Crippen LogP contribution in [0.4, 0.5) is 5.69 Å². The van der Waals surface area contributed by atoms with E-state index in [1.807, 2.05) is 13.8 Å². The van der Waals surface area contributed by atoms with E-state index in [0.29, 0.717) is 30.3 Å². The van der Waals surface area contributed by atoms with Gasteiger partial charge in [0, 0.05) is 31.5 Å². The number of aliphatic hydroxyl groups excluding tert-OH is 1. The third kappa shape index (κ3) is 2.88. The number of aliphatic hydroxyl groups is 1. The maximum absolute atomic E-state index is 12.5. The highest BCUT2D eigenvalue weighted by Gasteiger charge is 2.29. The van der Waals surface area contributed by atoms with E-state index in [0.717, 1.165) is 6.42 Å². The number of carbonyl (C=O) groups is 1. The molecular formula is C13H21N5O2. The summed E-state index contributed by atoms with van der Waals surface area (Å²) in [5.41, 5.74) is 3.19. The Balaban J connectivity index is 2.26. The number of hydrogen-bond donors (Lipinski definition) is 3. The first-order chi connectivity index (χ1) is 9.56. The van der Waals surface area contributed by atoms with E-state index >= 15 is 0 Å². The molecule has 110 valence electrons. The van der Waals surface area contributed by atoms with Gasteiger partial charge in [0.05, 0.1) is 11.9 Å². The summed E-state index contributed by atoms with van der Waals surface area (Å²) in [5.74, 6) is 6.16. The van der Waals surface area contributed by atoms with Crippen molar-refractivity contribution in [1.82, 2.24) is 14.9 Å². The predicted molar refractivity (Wildman–Crippen MR) is 75.0 cm³/mol. The molecular weight excluding hydrogens is 258 g/mol. The Labute approximate surface area is 118 Å². The number of nitrogens with zero attached hydrogens (tertiary/aromatic N) is 3. The number of nitrogen functional groups attached to an aromatic ring is 1. The fourth-order valence-electron chi connectivity index (χ4n) is 2.26. The van der Waals surface area contributed by atoms with Crippen LogP contribution in [0.3, 0.4) is 0 Å². The normalized spacial score (nSPS) is 18.6. The van der Waals surface area contributed by atoms with Gasteiger partial charge < -0.3 is 15.4 Å². The number of hydrazine groups is 1. The summed E-state index contributed by atoms with van der Waals surface area (Å²) in [5, 5.41) is 9.16. The summed E-state index contributed by atoms with van der Waals surface area (Å²) in [7, 11) is 0. The van der Waals surface area contributed by atoms with Gasteiger partial charge in [-0.15, -0.1) is 0 Å². The van der Waals surface area contributed by atoms with Crippen LogP contribution in [0, 0.1) is 5.92 Å². The fourth-order valence-corrected chi connectivity index (χ4v) is 2.26. The van der Waals surface area contributed by atoms with Crippen LogP contribution in [0.15, 0.2) is 6.20 Å². The zero-order valence-electron chi connectivity index (χ0n) is 11.8. The Kier molecular flexibility index (Phi) is 4.51. The van der Waals surface area contributed by atoms with Gasteiger partial charge in [-0.3, -0.25) is 10.6 Å². The largest absolute Gasteiger partial charge is 0.396 e. The minimum Gasteiger partial charge on any atom is -0.396 e. The lowest BCUT2D eigenvalue weighted by atomic mass is 10.1. The van der Waals surface area contributed by atoms with Crippen molar-refractivity contribution in [3.63, 3.8) is 0 Å². The van der Waals surface area contributed by atoms with Crippen LogP contribution < -0.4 is 11.3 Å². The first-order valence-corrected chi connectivity index (χ1v) is 6.80. The number of nitrogens with two attached hydrogens (primary N) is 1. The third-order valence-electron chi connectivity index (χ3n) is 3.51. The quantitative estimate of drug-likeness (QED) is 0.542. The molecule has 0 aromatic carbocycles. The molecule has 7 nitrogen and oxygen atoms in total. The highest BCUT2D eigenvalue weighted by Crippen LogP contribution is 2.21. The first-order valence-electron chi connectivity index (χ1n) is 6.80. The second kappa shape index (κ2) is 6.15. The van der Waals surface area contributed by atoms with Crippen LogP contribution in [0.5, 0.6) is 0 Å². The molecule has 0 bridgehead atoms. The molecule has 1 aliphatic rings. The highest BCUT2D eigenvalue weighted by molar-refractivity contribution is 5.97. The highest BCUT2D eigenvalue weighted by atomic mass is 16.3. The maximum Gasteiger partial charge on any atom is 0.274 e. The summed E-state index contributed by atoms with van der Waals surface area (Å²) in [6.45, 7) is 5.23. The number of nitrogens with one attached hydrogen (secondary N) is 1. The van der Waals surface area contributed by atoms with Crippen molar-refractivity contribution in [2.75, 3.05) is 25.1 Å². The molecule has 1 aliphatic heterocycles. The fraction of sp³-hybridized carbons (Fsp3) is 0.615. The van der Waals surface area contributed by atoms with E-state index in [1.54, 1.807) is 4.90 Å². The number of aromatic nitrogens is 2. The first kappa shape index (κ1) is 14.7. The number of likely N-dealkylation sites (tertiary alicyclic amines) is 1. The molecule has 1 aromatic heterocycles. The number of rotatable bonds is 4. The maximum atomic E-state index is 12.5. The summed E-state index contributed by atoms with van der Waals surface area (Å²) in [6.07, 6.45) is 2.35. The SMILES string of the molecule is CC(C)c1ncc(NN)c(C(=O)N2CCC(CO)C2)n1. The summed E-state index contributed by atoms with van der Waals surface area (Å²) >= 11 is 0. The standard InChI is InChI=1S/C13H21N5O2/c1-8(2)12-15-5-10(17-14)11(16-12)13(20)18-4-3-9(6-18)7-19/h5,8-9,17,19H,3-4,6-7,14H2,1-2H3. The van der Waals surface area contributed by atoms with Crippen molar-refractivity contribution in [2.45, 2.75) is 26.2 Å². The second-order valence-electron chi connectivity index (χ2n) is 5.38. The zero-order valence-corrected chi connectivity index (χ0v) is 11.8. The van der Waals surface area contributed by atoms with E-state index in [2.05, 4.69) is 15.4 Å². The van der Waals surface area contributed by atoms with Crippen molar-refractivity contribution < 1.29 is 9.90 Å². The van der Waals surface area contributed by atoms with Gasteiger partial charge in [0.15, 0.2) is 5.69 Å². The van der Waals surface area contributed by atoms with Gasteiger partial charge in [-0.05, 0) is 6.42 Å². The molecule has 1 saturated heterocycles. The Morgan fingerprint density at radius 2 is 2.40 bits per heavy atom. The molecule has 1 fully saturated rings. The molecule has 0 saturated carbocycles. The minimum absolute atomic E-state index is 0.104. The second-order valence-corrected chi connectivity index (χ2v) is 5.38. The van der Waals surface area contributed by atoms with Gasteiger partial charge in [-0.25, -0.2) is 9.97 Å². The molecule has 1 unspecified atom stereocenters. The minimum atomic E-state index is -0.168. The van der Waals surface area contributed by atoms with Gasteiger partial charge in [0.1, 0.15) is 5.82 Å². The molecule has 1 amide bonds. The molecule has 0 radical (unpaired) electrons. The Hall–Kier alpha value is -1.73. The van der Waals surface area contributed by atoms with Crippen molar-refractivity contribution in [2.24, 2.45) is 11.8 Å². The zero-order chi connectivity index (χ0) is 14.7. The average molecular weight is 279 g/mol. The van der Waals surface area contributed by atoms with E-state index in [9.17, 15) is 4.79 Å². The van der Waals surface area contributed by atoms with Gasteiger partial charge in [0.2, 0.25) is 0 Å². The van der Waals surface area contributed by atoms with E-state index in [4.69, 9.17) is 10.9 Å². The lowest BCUT2D eigenvalue weighted by molar-refractivity contribution is 0.0776. The number of carbonyl (C=O) groups excluding carboxylic acids is 1. The average Bonchev–Trinajstić information content (AvgIpc) is 2.94. The van der Waals surface area contributed by atoms with Crippen molar-refractivity contribution in [3.05, 3.63) is 17.7 Å². The molecule has 2 heterocycles. The predicted octanol–water partition coefficient (Wildman–Crippen LogP) is 0.340. The Morgan fingerprint density at radius 3 is 2.95 bits per heavy atom. The number of amides is 1. The topological polar surface area (TPSA) is 104 Å². The van der Waals surface area contributed by atoms with Crippen molar-refractivity contribution >= 4 is 11.6 Å².